The lowest BCUT2D eigenvalue weighted by molar-refractivity contribution is 0.0248. The Hall–Kier alpha value is -1.12. The molecule has 0 amide bonds. The fourth-order valence-corrected chi connectivity index (χ4v) is 3.42. The molecule has 102 valence electrons. The van der Waals surface area contributed by atoms with Crippen molar-refractivity contribution in [3.8, 4) is 0 Å². The molecule has 1 saturated carbocycles. The van der Waals surface area contributed by atoms with E-state index < -0.39 is 0 Å². The van der Waals surface area contributed by atoms with Gasteiger partial charge in [-0.15, -0.1) is 0 Å². The van der Waals surface area contributed by atoms with Gasteiger partial charge in [0.05, 0.1) is 6.10 Å². The highest BCUT2D eigenvalue weighted by Gasteiger charge is 2.29. The number of nitrogens with zero attached hydrogens (tertiary/aromatic N) is 1. The second-order valence-electron chi connectivity index (χ2n) is 5.76. The first-order valence-corrected chi connectivity index (χ1v) is 7.51. The SMILES string of the molecule is O[C@H]1CCCC[C@@H]1N1CC=C(c2ccccc2)CC1. The lowest BCUT2D eigenvalue weighted by Gasteiger charge is -2.39. The first kappa shape index (κ1) is 12.9. The Morgan fingerprint density at radius 3 is 2.53 bits per heavy atom. The number of rotatable bonds is 2. The van der Waals surface area contributed by atoms with Crippen molar-refractivity contribution in [3.63, 3.8) is 0 Å². The van der Waals surface area contributed by atoms with E-state index in [1.165, 1.54) is 24.0 Å². The molecular formula is C17H23NO. The van der Waals surface area contributed by atoms with Gasteiger partial charge in [0, 0.05) is 19.1 Å². The summed E-state index contributed by atoms with van der Waals surface area (Å²) in [7, 11) is 0. The topological polar surface area (TPSA) is 23.5 Å². The molecule has 1 aromatic rings. The molecule has 0 bridgehead atoms. The van der Waals surface area contributed by atoms with Crippen molar-refractivity contribution >= 4 is 5.57 Å². The van der Waals surface area contributed by atoms with Crippen LogP contribution in [0, 0.1) is 0 Å². The van der Waals surface area contributed by atoms with Crippen molar-refractivity contribution in [1.82, 2.24) is 4.90 Å². The van der Waals surface area contributed by atoms with Gasteiger partial charge in [-0.25, -0.2) is 0 Å². The standard InChI is InChI=1S/C17H23NO/c19-17-9-5-4-8-16(17)18-12-10-15(11-13-18)14-6-2-1-3-7-14/h1-3,6-7,10,16-17,19H,4-5,8-9,11-13H2/t16-,17-/m0/s1. The van der Waals surface area contributed by atoms with Gasteiger partial charge >= 0.3 is 0 Å². The zero-order valence-corrected chi connectivity index (χ0v) is 11.5. The molecule has 1 aliphatic heterocycles. The molecule has 0 aromatic heterocycles. The third kappa shape index (κ3) is 2.90. The fraction of sp³-hybridized carbons (Fsp3) is 0.529. The normalized spacial score (nSPS) is 29.0. The third-order valence-electron chi connectivity index (χ3n) is 4.55. The lowest BCUT2D eigenvalue weighted by atomic mass is 9.89. The maximum atomic E-state index is 10.1. The maximum Gasteiger partial charge on any atom is 0.0695 e. The summed E-state index contributed by atoms with van der Waals surface area (Å²) in [6, 6.07) is 11.1. The monoisotopic (exact) mass is 257 g/mol. The van der Waals surface area contributed by atoms with E-state index in [1.54, 1.807) is 0 Å². The van der Waals surface area contributed by atoms with Crippen LogP contribution in [0.5, 0.6) is 0 Å². The van der Waals surface area contributed by atoms with Gasteiger partial charge in [-0.2, -0.15) is 0 Å². The fourth-order valence-electron chi connectivity index (χ4n) is 3.42. The van der Waals surface area contributed by atoms with E-state index in [0.717, 1.165) is 32.4 Å². The summed E-state index contributed by atoms with van der Waals surface area (Å²) in [6.45, 7) is 2.08. The van der Waals surface area contributed by atoms with E-state index in [1.807, 2.05) is 0 Å². The molecule has 1 aliphatic carbocycles. The van der Waals surface area contributed by atoms with Crippen LogP contribution in [0.4, 0.5) is 0 Å². The highest BCUT2D eigenvalue weighted by Crippen LogP contribution is 2.28. The maximum absolute atomic E-state index is 10.1. The number of aliphatic hydroxyl groups is 1. The minimum absolute atomic E-state index is 0.111. The van der Waals surface area contributed by atoms with E-state index in [0.29, 0.717) is 6.04 Å². The van der Waals surface area contributed by atoms with Crippen molar-refractivity contribution in [2.75, 3.05) is 13.1 Å². The van der Waals surface area contributed by atoms with Crippen LogP contribution >= 0.6 is 0 Å². The average Bonchev–Trinajstić information content (AvgIpc) is 2.49. The summed E-state index contributed by atoms with van der Waals surface area (Å²) in [5, 5.41) is 10.1. The van der Waals surface area contributed by atoms with E-state index >= 15 is 0 Å². The van der Waals surface area contributed by atoms with Crippen molar-refractivity contribution in [2.45, 2.75) is 44.2 Å². The van der Waals surface area contributed by atoms with Crippen molar-refractivity contribution in [1.29, 1.82) is 0 Å². The molecule has 2 aliphatic rings. The highest BCUT2D eigenvalue weighted by molar-refractivity contribution is 5.66. The van der Waals surface area contributed by atoms with Crippen LogP contribution in [0.3, 0.4) is 0 Å². The summed E-state index contributed by atoms with van der Waals surface area (Å²) in [5.74, 6) is 0. The highest BCUT2D eigenvalue weighted by atomic mass is 16.3. The largest absolute Gasteiger partial charge is 0.391 e. The molecule has 1 heterocycles. The first-order chi connectivity index (χ1) is 9.34. The molecule has 19 heavy (non-hydrogen) atoms. The summed E-state index contributed by atoms with van der Waals surface area (Å²) in [5.41, 5.74) is 2.81. The van der Waals surface area contributed by atoms with Crippen molar-refractivity contribution in [3.05, 3.63) is 42.0 Å². The first-order valence-electron chi connectivity index (χ1n) is 7.51. The van der Waals surface area contributed by atoms with E-state index in [9.17, 15) is 5.11 Å². The molecule has 0 radical (unpaired) electrons. The van der Waals surface area contributed by atoms with E-state index in [2.05, 4.69) is 41.3 Å². The summed E-state index contributed by atoms with van der Waals surface area (Å²) in [4.78, 5) is 2.47. The molecule has 0 saturated heterocycles. The van der Waals surface area contributed by atoms with Gasteiger partial charge in [-0.3, -0.25) is 4.90 Å². The van der Waals surface area contributed by atoms with Crippen LogP contribution in [0.15, 0.2) is 36.4 Å². The zero-order chi connectivity index (χ0) is 13.1. The Balaban J connectivity index is 1.66. The van der Waals surface area contributed by atoms with Crippen LogP contribution < -0.4 is 0 Å². The van der Waals surface area contributed by atoms with Crippen LogP contribution in [-0.2, 0) is 0 Å². The Bertz CT molecular complexity index is 440. The van der Waals surface area contributed by atoms with Gasteiger partial charge in [0.1, 0.15) is 0 Å². The Morgan fingerprint density at radius 2 is 1.84 bits per heavy atom. The molecule has 2 atom stereocenters. The second-order valence-corrected chi connectivity index (χ2v) is 5.76. The number of benzene rings is 1. The molecule has 1 N–H and O–H groups in total. The zero-order valence-electron chi connectivity index (χ0n) is 11.5. The summed E-state index contributed by atoms with van der Waals surface area (Å²) < 4.78 is 0. The summed E-state index contributed by atoms with van der Waals surface area (Å²) in [6.07, 6.45) is 7.95. The molecular weight excluding hydrogens is 234 g/mol. The minimum atomic E-state index is -0.111. The van der Waals surface area contributed by atoms with Gasteiger partial charge in [-0.1, -0.05) is 49.2 Å². The van der Waals surface area contributed by atoms with Gasteiger partial charge in [0.25, 0.3) is 0 Å². The molecule has 2 heteroatoms. The average molecular weight is 257 g/mol. The molecule has 0 unspecified atom stereocenters. The predicted octanol–water partition coefficient (Wildman–Crippen LogP) is 3.08. The molecule has 0 spiro atoms. The van der Waals surface area contributed by atoms with Crippen LogP contribution in [0.25, 0.3) is 5.57 Å². The Kier molecular flexibility index (Phi) is 4.00. The predicted molar refractivity (Wildman–Crippen MR) is 78.9 cm³/mol. The quantitative estimate of drug-likeness (QED) is 0.880. The smallest absolute Gasteiger partial charge is 0.0695 e. The minimum Gasteiger partial charge on any atom is -0.391 e. The van der Waals surface area contributed by atoms with Crippen LogP contribution in [0.2, 0.25) is 0 Å². The Labute approximate surface area is 115 Å². The lowest BCUT2D eigenvalue weighted by Crippen LogP contribution is -2.47. The Morgan fingerprint density at radius 1 is 1.05 bits per heavy atom. The van der Waals surface area contributed by atoms with Gasteiger partial charge in [0.15, 0.2) is 0 Å². The van der Waals surface area contributed by atoms with Gasteiger partial charge in [-0.05, 0) is 30.4 Å². The van der Waals surface area contributed by atoms with Crippen molar-refractivity contribution < 1.29 is 5.11 Å². The van der Waals surface area contributed by atoms with Gasteiger partial charge < -0.3 is 5.11 Å². The van der Waals surface area contributed by atoms with E-state index in [-0.39, 0.29) is 6.10 Å². The molecule has 2 nitrogen and oxygen atoms in total. The van der Waals surface area contributed by atoms with Crippen LogP contribution in [0.1, 0.15) is 37.7 Å². The molecule has 3 rings (SSSR count). The van der Waals surface area contributed by atoms with E-state index in [4.69, 9.17) is 0 Å². The number of aliphatic hydroxyl groups excluding tert-OH is 1. The number of hydrogen-bond acceptors (Lipinski definition) is 2. The summed E-state index contributed by atoms with van der Waals surface area (Å²) >= 11 is 0. The molecule has 1 aromatic carbocycles. The molecule has 1 fully saturated rings. The second kappa shape index (κ2) is 5.89. The number of hydrogen-bond donors (Lipinski definition) is 1. The third-order valence-corrected chi connectivity index (χ3v) is 4.55. The van der Waals surface area contributed by atoms with Crippen LogP contribution in [-0.4, -0.2) is 35.2 Å². The van der Waals surface area contributed by atoms with Crippen molar-refractivity contribution in [2.24, 2.45) is 0 Å². The van der Waals surface area contributed by atoms with Gasteiger partial charge in [0.2, 0.25) is 0 Å².